The predicted molar refractivity (Wildman–Crippen MR) is 71.2 cm³/mol. The Kier molecular flexibility index (Phi) is 4.46. The first kappa shape index (κ1) is 14.9. The Hall–Kier alpha value is -2.51. The molecule has 0 saturated carbocycles. The van der Waals surface area contributed by atoms with Crippen molar-refractivity contribution in [3.8, 4) is 17.1 Å². The second-order valence-electron chi connectivity index (χ2n) is 4.57. The van der Waals surface area contributed by atoms with Crippen molar-refractivity contribution in [3.63, 3.8) is 0 Å². The molecule has 7 nitrogen and oxygen atoms in total. The molecule has 1 N–H and O–H groups in total. The molecule has 0 fully saturated rings. The minimum Gasteiger partial charge on any atom is -0.496 e. The average molecular weight is 294 g/mol. The van der Waals surface area contributed by atoms with Crippen molar-refractivity contribution < 1.29 is 19.0 Å². The molecule has 0 aliphatic heterocycles. The summed E-state index contributed by atoms with van der Waals surface area (Å²) in [6.07, 6.45) is 0.337. The number of aliphatic carboxylic acids is 1. The molecule has 0 spiro atoms. The minimum atomic E-state index is -0.895. The van der Waals surface area contributed by atoms with Gasteiger partial charge in [-0.05, 0) is 29.0 Å². The highest BCUT2D eigenvalue weighted by atomic mass is 19.1. The molecule has 0 saturated heterocycles. The van der Waals surface area contributed by atoms with E-state index in [1.54, 1.807) is 13.0 Å². The van der Waals surface area contributed by atoms with Gasteiger partial charge in [0.1, 0.15) is 11.6 Å². The summed E-state index contributed by atoms with van der Waals surface area (Å²) in [5.41, 5.74) is 0.160. The van der Waals surface area contributed by atoms with Crippen LogP contribution >= 0.6 is 0 Å². The Balaban J connectivity index is 2.31. The van der Waals surface area contributed by atoms with Gasteiger partial charge in [-0.1, -0.05) is 13.0 Å². The van der Waals surface area contributed by atoms with Crippen molar-refractivity contribution >= 4 is 5.97 Å². The summed E-state index contributed by atoms with van der Waals surface area (Å²) in [5.74, 6) is -1.41. The zero-order valence-electron chi connectivity index (χ0n) is 11.7. The Morgan fingerprint density at radius 3 is 2.95 bits per heavy atom. The van der Waals surface area contributed by atoms with Crippen LogP contribution in [-0.2, 0) is 11.3 Å². The number of benzene rings is 1. The zero-order valence-corrected chi connectivity index (χ0v) is 11.7. The number of aryl methyl sites for hydroxylation is 1. The maximum atomic E-state index is 14.0. The van der Waals surface area contributed by atoms with Crippen molar-refractivity contribution in [1.82, 2.24) is 20.2 Å². The number of halogens is 1. The fraction of sp³-hybridized carbons (Fsp3) is 0.385. The van der Waals surface area contributed by atoms with Crippen LogP contribution in [0.25, 0.3) is 11.4 Å². The number of hydrogen-bond acceptors (Lipinski definition) is 5. The molecule has 0 amide bonds. The predicted octanol–water partition coefficient (Wildman–Crippen LogP) is 1.60. The van der Waals surface area contributed by atoms with Gasteiger partial charge in [-0.3, -0.25) is 4.79 Å². The van der Waals surface area contributed by atoms with Crippen LogP contribution in [0, 0.1) is 11.7 Å². The van der Waals surface area contributed by atoms with E-state index in [4.69, 9.17) is 9.84 Å². The van der Waals surface area contributed by atoms with Crippen LogP contribution in [0.5, 0.6) is 5.75 Å². The van der Waals surface area contributed by atoms with E-state index in [1.165, 1.54) is 23.9 Å². The van der Waals surface area contributed by atoms with Crippen LogP contribution in [0.15, 0.2) is 18.2 Å². The molecular formula is C13H15FN4O3. The van der Waals surface area contributed by atoms with Gasteiger partial charge >= 0.3 is 5.97 Å². The van der Waals surface area contributed by atoms with Gasteiger partial charge in [-0.2, -0.15) is 0 Å². The average Bonchev–Trinajstić information content (AvgIpc) is 2.92. The second-order valence-corrected chi connectivity index (χ2v) is 4.57. The molecule has 8 heteroatoms. The maximum Gasteiger partial charge on any atom is 0.306 e. The molecule has 21 heavy (non-hydrogen) atoms. The van der Waals surface area contributed by atoms with E-state index in [9.17, 15) is 9.18 Å². The summed E-state index contributed by atoms with van der Waals surface area (Å²) < 4.78 is 20.5. The standard InChI is InChI=1S/C13H15FN4O3/c1-8(13(19)20)6-7-18-12(15-16-17-18)11-9(14)4-3-5-10(11)21-2/h3-5,8H,6-7H2,1-2H3,(H,19,20). The smallest absolute Gasteiger partial charge is 0.306 e. The number of carbonyl (C=O) groups is 1. The lowest BCUT2D eigenvalue weighted by molar-refractivity contribution is -0.141. The van der Waals surface area contributed by atoms with Gasteiger partial charge in [0, 0.05) is 6.54 Å². The summed E-state index contributed by atoms with van der Waals surface area (Å²) in [5, 5.41) is 20.0. The number of nitrogens with zero attached hydrogens (tertiary/aromatic N) is 4. The topological polar surface area (TPSA) is 90.1 Å². The number of hydrogen-bond donors (Lipinski definition) is 1. The Bertz CT molecular complexity index is 644. The molecule has 1 aromatic heterocycles. The van der Waals surface area contributed by atoms with Crippen molar-refractivity contribution in [3.05, 3.63) is 24.0 Å². The third kappa shape index (κ3) is 3.15. The first-order valence-corrected chi connectivity index (χ1v) is 6.36. The molecule has 2 aromatic rings. The van der Waals surface area contributed by atoms with Gasteiger partial charge in [0.05, 0.1) is 18.6 Å². The van der Waals surface area contributed by atoms with E-state index >= 15 is 0 Å². The molecular weight excluding hydrogens is 279 g/mol. The van der Waals surface area contributed by atoms with Gasteiger partial charge in [0.2, 0.25) is 0 Å². The molecule has 0 radical (unpaired) electrons. The van der Waals surface area contributed by atoms with E-state index in [-0.39, 0.29) is 17.9 Å². The minimum absolute atomic E-state index is 0.160. The lowest BCUT2D eigenvalue weighted by atomic mass is 10.1. The molecule has 1 unspecified atom stereocenters. The number of aromatic nitrogens is 4. The molecule has 0 aliphatic carbocycles. The van der Waals surface area contributed by atoms with Crippen molar-refractivity contribution in [2.24, 2.45) is 5.92 Å². The van der Waals surface area contributed by atoms with E-state index in [2.05, 4.69) is 15.5 Å². The summed E-state index contributed by atoms with van der Waals surface area (Å²) in [7, 11) is 1.43. The van der Waals surface area contributed by atoms with Crippen LogP contribution in [0.1, 0.15) is 13.3 Å². The second kappa shape index (κ2) is 6.29. The van der Waals surface area contributed by atoms with Crippen LogP contribution in [0.2, 0.25) is 0 Å². The van der Waals surface area contributed by atoms with Gasteiger partial charge in [-0.25, -0.2) is 9.07 Å². The largest absolute Gasteiger partial charge is 0.496 e. The fourth-order valence-corrected chi connectivity index (χ4v) is 1.87. The zero-order chi connectivity index (χ0) is 15.4. The monoisotopic (exact) mass is 294 g/mol. The van der Waals surface area contributed by atoms with E-state index in [0.29, 0.717) is 12.2 Å². The van der Waals surface area contributed by atoms with Crippen LogP contribution in [0.3, 0.4) is 0 Å². The number of rotatable bonds is 6. The Morgan fingerprint density at radius 1 is 1.52 bits per heavy atom. The van der Waals surface area contributed by atoms with Crippen molar-refractivity contribution in [2.75, 3.05) is 7.11 Å². The number of carboxylic acids is 1. The van der Waals surface area contributed by atoms with Gasteiger partial charge in [0.15, 0.2) is 5.82 Å². The SMILES string of the molecule is COc1cccc(F)c1-c1nnnn1CCC(C)C(=O)O. The first-order valence-electron chi connectivity index (χ1n) is 6.36. The molecule has 1 heterocycles. The van der Waals surface area contributed by atoms with Crippen LogP contribution in [0.4, 0.5) is 4.39 Å². The highest BCUT2D eigenvalue weighted by molar-refractivity contribution is 5.69. The summed E-state index contributed by atoms with van der Waals surface area (Å²) in [4.78, 5) is 10.8. The summed E-state index contributed by atoms with van der Waals surface area (Å²) >= 11 is 0. The summed E-state index contributed by atoms with van der Waals surface area (Å²) in [6.45, 7) is 1.86. The summed E-state index contributed by atoms with van der Waals surface area (Å²) in [6, 6.07) is 4.42. The highest BCUT2D eigenvalue weighted by Gasteiger charge is 2.19. The number of methoxy groups -OCH3 is 1. The first-order chi connectivity index (χ1) is 10.0. The van der Waals surface area contributed by atoms with Crippen LogP contribution in [-0.4, -0.2) is 38.4 Å². The molecule has 112 valence electrons. The lowest BCUT2D eigenvalue weighted by Crippen LogP contribution is -2.14. The highest BCUT2D eigenvalue weighted by Crippen LogP contribution is 2.30. The molecule has 0 bridgehead atoms. The number of carboxylic acid groups (broad SMARTS) is 1. The Labute approximate surface area is 120 Å². The van der Waals surface area contributed by atoms with E-state index in [1.807, 2.05) is 0 Å². The van der Waals surface area contributed by atoms with Gasteiger partial charge in [-0.15, -0.1) is 5.10 Å². The normalized spacial score (nSPS) is 12.1. The molecule has 0 aliphatic rings. The molecule has 2 rings (SSSR count). The third-order valence-corrected chi connectivity index (χ3v) is 3.15. The van der Waals surface area contributed by atoms with E-state index in [0.717, 1.165) is 0 Å². The van der Waals surface area contributed by atoms with Crippen LogP contribution < -0.4 is 4.74 Å². The number of ether oxygens (including phenoxy) is 1. The molecule has 1 atom stereocenters. The lowest BCUT2D eigenvalue weighted by Gasteiger charge is -2.10. The maximum absolute atomic E-state index is 14.0. The van der Waals surface area contributed by atoms with Crippen molar-refractivity contribution in [1.29, 1.82) is 0 Å². The molecule has 1 aromatic carbocycles. The van der Waals surface area contributed by atoms with Crippen molar-refractivity contribution in [2.45, 2.75) is 19.9 Å². The third-order valence-electron chi connectivity index (χ3n) is 3.15. The fourth-order valence-electron chi connectivity index (χ4n) is 1.87. The van der Waals surface area contributed by atoms with Gasteiger partial charge in [0.25, 0.3) is 0 Å². The van der Waals surface area contributed by atoms with Gasteiger partial charge < -0.3 is 9.84 Å². The van der Waals surface area contributed by atoms with E-state index < -0.39 is 17.7 Å². The Morgan fingerprint density at radius 2 is 2.29 bits per heavy atom. The number of tetrazole rings is 1. The quantitative estimate of drug-likeness (QED) is 0.870.